The maximum absolute atomic E-state index is 13.2. The van der Waals surface area contributed by atoms with E-state index < -0.39 is 6.10 Å². The maximum atomic E-state index is 13.2. The molecule has 0 bridgehead atoms. The van der Waals surface area contributed by atoms with Gasteiger partial charge in [0.25, 0.3) is 0 Å². The fourth-order valence-electron chi connectivity index (χ4n) is 2.16. The van der Waals surface area contributed by atoms with Crippen LogP contribution in [0.15, 0.2) is 42.5 Å². The van der Waals surface area contributed by atoms with Gasteiger partial charge in [-0.2, -0.15) is 0 Å². The first-order chi connectivity index (χ1) is 9.61. The molecule has 0 aromatic heterocycles. The molecule has 0 radical (unpaired) electrons. The predicted molar refractivity (Wildman–Crippen MR) is 77.2 cm³/mol. The molecule has 1 atom stereocenters. The van der Waals surface area contributed by atoms with Crippen LogP contribution in [0.1, 0.15) is 22.8 Å². The van der Waals surface area contributed by atoms with E-state index in [0.717, 1.165) is 11.1 Å². The standard InChI is InChI=1S/C16H16ClFO2/c1-20-10-11-4-2-3-5-14(11)16(19)9-12-8-13(18)6-7-15(12)17/h2-8,16,19H,9-10H2,1H3. The molecule has 0 aliphatic heterocycles. The summed E-state index contributed by atoms with van der Waals surface area (Å²) in [5.41, 5.74) is 2.27. The average molecular weight is 295 g/mol. The summed E-state index contributed by atoms with van der Waals surface area (Å²) in [6.07, 6.45) is -0.488. The molecule has 2 aromatic rings. The number of aliphatic hydroxyl groups is 1. The van der Waals surface area contributed by atoms with E-state index >= 15 is 0 Å². The number of halogens is 2. The van der Waals surface area contributed by atoms with Crippen molar-refractivity contribution >= 4 is 11.6 Å². The maximum Gasteiger partial charge on any atom is 0.123 e. The van der Waals surface area contributed by atoms with Crippen LogP contribution in [0.25, 0.3) is 0 Å². The zero-order chi connectivity index (χ0) is 14.5. The summed E-state index contributed by atoms with van der Waals surface area (Å²) in [4.78, 5) is 0. The molecule has 2 nitrogen and oxygen atoms in total. The van der Waals surface area contributed by atoms with E-state index in [0.29, 0.717) is 17.2 Å². The van der Waals surface area contributed by atoms with Gasteiger partial charge in [-0.3, -0.25) is 0 Å². The zero-order valence-electron chi connectivity index (χ0n) is 11.1. The van der Waals surface area contributed by atoms with Gasteiger partial charge in [0.2, 0.25) is 0 Å². The highest BCUT2D eigenvalue weighted by Gasteiger charge is 2.14. The van der Waals surface area contributed by atoms with Crippen molar-refractivity contribution in [2.24, 2.45) is 0 Å². The number of ether oxygens (including phenoxy) is 1. The molecule has 0 saturated carbocycles. The summed E-state index contributed by atoms with van der Waals surface area (Å²) >= 11 is 6.03. The first kappa shape index (κ1) is 15.0. The van der Waals surface area contributed by atoms with Crippen molar-refractivity contribution in [1.29, 1.82) is 0 Å². The number of hydrogen-bond donors (Lipinski definition) is 1. The van der Waals surface area contributed by atoms with Gasteiger partial charge in [-0.1, -0.05) is 35.9 Å². The Balaban J connectivity index is 2.23. The van der Waals surface area contributed by atoms with Gasteiger partial charge in [0.15, 0.2) is 0 Å². The predicted octanol–water partition coefficient (Wildman–Crippen LogP) is 3.90. The van der Waals surface area contributed by atoms with Gasteiger partial charge >= 0.3 is 0 Å². The van der Waals surface area contributed by atoms with Gasteiger partial charge in [0, 0.05) is 18.6 Å². The lowest BCUT2D eigenvalue weighted by atomic mass is 9.97. The minimum Gasteiger partial charge on any atom is -0.388 e. The molecule has 0 fully saturated rings. The topological polar surface area (TPSA) is 29.5 Å². The third-order valence-corrected chi connectivity index (χ3v) is 3.50. The largest absolute Gasteiger partial charge is 0.388 e. The van der Waals surface area contributed by atoms with Crippen molar-refractivity contribution in [3.05, 3.63) is 70.0 Å². The average Bonchev–Trinajstić information content (AvgIpc) is 2.44. The molecule has 1 unspecified atom stereocenters. The minimum absolute atomic E-state index is 0.261. The third-order valence-electron chi connectivity index (χ3n) is 3.13. The Morgan fingerprint density at radius 3 is 2.70 bits per heavy atom. The highest BCUT2D eigenvalue weighted by molar-refractivity contribution is 6.31. The van der Waals surface area contributed by atoms with Crippen LogP contribution in [0, 0.1) is 5.82 Å². The summed E-state index contributed by atoms with van der Waals surface area (Å²) in [7, 11) is 1.60. The van der Waals surface area contributed by atoms with Crippen LogP contribution in [-0.2, 0) is 17.8 Å². The molecule has 0 spiro atoms. The second-order valence-electron chi connectivity index (χ2n) is 4.59. The lowest BCUT2D eigenvalue weighted by Gasteiger charge is -2.16. The van der Waals surface area contributed by atoms with E-state index in [1.807, 2.05) is 24.3 Å². The molecule has 4 heteroatoms. The van der Waals surface area contributed by atoms with E-state index in [9.17, 15) is 9.50 Å². The van der Waals surface area contributed by atoms with Gasteiger partial charge in [-0.15, -0.1) is 0 Å². The van der Waals surface area contributed by atoms with E-state index in [2.05, 4.69) is 0 Å². The van der Waals surface area contributed by atoms with Crippen LogP contribution >= 0.6 is 11.6 Å². The minimum atomic E-state index is -0.749. The van der Waals surface area contributed by atoms with Crippen LogP contribution in [0.2, 0.25) is 5.02 Å². The lowest BCUT2D eigenvalue weighted by molar-refractivity contribution is 0.161. The summed E-state index contributed by atoms with van der Waals surface area (Å²) in [5.74, 6) is -0.359. The molecular formula is C16H16ClFO2. The van der Waals surface area contributed by atoms with Crippen LogP contribution < -0.4 is 0 Å². The van der Waals surface area contributed by atoms with E-state index in [4.69, 9.17) is 16.3 Å². The quantitative estimate of drug-likeness (QED) is 0.906. The molecule has 0 amide bonds. The SMILES string of the molecule is COCc1ccccc1C(O)Cc1cc(F)ccc1Cl. The monoisotopic (exact) mass is 294 g/mol. The van der Waals surface area contributed by atoms with Gasteiger partial charge in [0.05, 0.1) is 12.7 Å². The molecule has 0 saturated heterocycles. The highest BCUT2D eigenvalue weighted by atomic mass is 35.5. The normalized spacial score (nSPS) is 12.4. The smallest absolute Gasteiger partial charge is 0.123 e. The highest BCUT2D eigenvalue weighted by Crippen LogP contribution is 2.26. The Bertz CT molecular complexity index is 586. The lowest BCUT2D eigenvalue weighted by Crippen LogP contribution is -2.06. The summed E-state index contributed by atoms with van der Waals surface area (Å²) in [6.45, 7) is 0.421. The number of rotatable bonds is 5. The summed E-state index contributed by atoms with van der Waals surface area (Å²) in [6, 6.07) is 11.6. The van der Waals surface area contributed by atoms with Crippen molar-refractivity contribution in [1.82, 2.24) is 0 Å². The van der Waals surface area contributed by atoms with E-state index in [-0.39, 0.29) is 12.2 Å². The van der Waals surface area contributed by atoms with Crippen LogP contribution in [-0.4, -0.2) is 12.2 Å². The van der Waals surface area contributed by atoms with Gasteiger partial charge in [0.1, 0.15) is 5.82 Å². The van der Waals surface area contributed by atoms with Crippen molar-refractivity contribution in [2.75, 3.05) is 7.11 Å². The Kier molecular flexibility index (Phi) is 5.12. The van der Waals surface area contributed by atoms with Crippen molar-refractivity contribution < 1.29 is 14.2 Å². The van der Waals surface area contributed by atoms with Crippen molar-refractivity contribution in [3.8, 4) is 0 Å². The molecule has 1 N–H and O–H groups in total. The van der Waals surface area contributed by atoms with Gasteiger partial charge in [-0.25, -0.2) is 4.39 Å². The van der Waals surface area contributed by atoms with Crippen molar-refractivity contribution in [2.45, 2.75) is 19.1 Å². The second kappa shape index (κ2) is 6.84. The second-order valence-corrected chi connectivity index (χ2v) is 4.99. The number of aliphatic hydroxyl groups excluding tert-OH is 1. The Morgan fingerprint density at radius 1 is 1.20 bits per heavy atom. The van der Waals surface area contributed by atoms with Gasteiger partial charge in [-0.05, 0) is 34.9 Å². The molecule has 0 aliphatic carbocycles. The Morgan fingerprint density at radius 2 is 1.95 bits per heavy atom. The van der Waals surface area contributed by atoms with E-state index in [1.54, 1.807) is 7.11 Å². The Labute approximate surface area is 122 Å². The van der Waals surface area contributed by atoms with Crippen LogP contribution in [0.3, 0.4) is 0 Å². The fourth-order valence-corrected chi connectivity index (χ4v) is 2.36. The molecule has 0 aliphatic rings. The molecule has 20 heavy (non-hydrogen) atoms. The zero-order valence-corrected chi connectivity index (χ0v) is 11.9. The number of hydrogen-bond acceptors (Lipinski definition) is 2. The number of benzene rings is 2. The summed E-state index contributed by atoms with van der Waals surface area (Å²) < 4.78 is 18.4. The third kappa shape index (κ3) is 3.57. The van der Waals surface area contributed by atoms with E-state index in [1.165, 1.54) is 18.2 Å². The first-order valence-corrected chi connectivity index (χ1v) is 6.68. The molecule has 0 heterocycles. The van der Waals surface area contributed by atoms with Crippen LogP contribution in [0.5, 0.6) is 0 Å². The fraction of sp³-hybridized carbons (Fsp3) is 0.250. The molecule has 2 rings (SSSR count). The van der Waals surface area contributed by atoms with Crippen molar-refractivity contribution in [3.63, 3.8) is 0 Å². The Hall–Kier alpha value is -1.42. The molecule has 106 valence electrons. The summed E-state index contributed by atoms with van der Waals surface area (Å²) in [5, 5.41) is 10.8. The van der Waals surface area contributed by atoms with Gasteiger partial charge < -0.3 is 9.84 Å². The van der Waals surface area contributed by atoms with Crippen LogP contribution in [0.4, 0.5) is 4.39 Å². The molecular weight excluding hydrogens is 279 g/mol. The number of methoxy groups -OCH3 is 1. The first-order valence-electron chi connectivity index (χ1n) is 6.30. The molecule has 2 aromatic carbocycles.